The van der Waals surface area contributed by atoms with Gasteiger partial charge in [-0.15, -0.1) is 0 Å². The van der Waals surface area contributed by atoms with Crippen molar-refractivity contribution >= 4 is 17.4 Å². The van der Waals surface area contributed by atoms with Gasteiger partial charge in [-0.25, -0.2) is 14.4 Å². The third kappa shape index (κ3) is 3.25. The van der Waals surface area contributed by atoms with Crippen LogP contribution in [0.3, 0.4) is 0 Å². The molecule has 1 heterocycles. The number of halogens is 2. The van der Waals surface area contributed by atoms with E-state index in [-0.39, 0.29) is 11.9 Å². The van der Waals surface area contributed by atoms with Crippen molar-refractivity contribution in [3.63, 3.8) is 0 Å². The van der Waals surface area contributed by atoms with E-state index >= 15 is 0 Å². The van der Waals surface area contributed by atoms with Crippen molar-refractivity contribution in [2.45, 2.75) is 33.2 Å². The Morgan fingerprint density at radius 3 is 2.50 bits per heavy atom. The van der Waals surface area contributed by atoms with Gasteiger partial charge < -0.3 is 5.32 Å². The largest absolute Gasteiger partial charge is 0.363 e. The summed E-state index contributed by atoms with van der Waals surface area (Å²) in [5.74, 6) is 1.18. The van der Waals surface area contributed by atoms with E-state index in [0.29, 0.717) is 11.0 Å². The molecule has 0 saturated heterocycles. The van der Waals surface area contributed by atoms with Crippen LogP contribution >= 0.6 is 11.6 Å². The minimum absolute atomic E-state index is 0.00460. The summed E-state index contributed by atoms with van der Waals surface area (Å²) in [6, 6.07) is 6.41. The third-order valence-electron chi connectivity index (χ3n) is 3.17. The lowest BCUT2D eigenvalue weighted by Gasteiger charge is -2.17. The van der Waals surface area contributed by atoms with Crippen LogP contribution in [0.25, 0.3) is 0 Å². The first-order valence-electron chi connectivity index (χ1n) is 6.56. The summed E-state index contributed by atoms with van der Waals surface area (Å²) >= 11 is 6.11. The van der Waals surface area contributed by atoms with Gasteiger partial charge >= 0.3 is 0 Å². The Hall–Kier alpha value is -1.68. The first kappa shape index (κ1) is 14.7. The molecular weight excluding hydrogens is 277 g/mol. The van der Waals surface area contributed by atoms with Gasteiger partial charge in [0.05, 0.1) is 0 Å². The van der Waals surface area contributed by atoms with Crippen LogP contribution in [0.2, 0.25) is 5.15 Å². The van der Waals surface area contributed by atoms with E-state index in [1.165, 1.54) is 12.1 Å². The molecule has 0 saturated carbocycles. The zero-order chi connectivity index (χ0) is 14.7. The van der Waals surface area contributed by atoms with Crippen molar-refractivity contribution in [1.82, 2.24) is 9.97 Å². The minimum Gasteiger partial charge on any atom is -0.363 e. The van der Waals surface area contributed by atoms with Crippen LogP contribution in [0.1, 0.15) is 36.8 Å². The van der Waals surface area contributed by atoms with Crippen LogP contribution in [-0.4, -0.2) is 9.97 Å². The summed E-state index contributed by atoms with van der Waals surface area (Å²) in [5, 5.41) is 3.77. The van der Waals surface area contributed by atoms with Crippen LogP contribution in [-0.2, 0) is 6.42 Å². The summed E-state index contributed by atoms with van der Waals surface area (Å²) in [6.07, 6.45) is 0.722. The van der Waals surface area contributed by atoms with E-state index in [0.717, 1.165) is 23.4 Å². The molecule has 1 aromatic carbocycles. The van der Waals surface area contributed by atoms with Gasteiger partial charge in [0.1, 0.15) is 22.6 Å². The van der Waals surface area contributed by atoms with Gasteiger partial charge in [0.2, 0.25) is 0 Å². The number of hydrogen-bond acceptors (Lipinski definition) is 3. The molecule has 3 nitrogen and oxygen atoms in total. The Bertz CT molecular complexity index is 599. The molecule has 1 atom stereocenters. The lowest BCUT2D eigenvalue weighted by Crippen LogP contribution is -2.11. The van der Waals surface area contributed by atoms with E-state index in [1.54, 1.807) is 12.1 Å². The lowest BCUT2D eigenvalue weighted by atomic mass is 10.1. The number of rotatable bonds is 4. The standard InChI is InChI=1S/C15H17ClFN3/c1-4-13-19-14(16)9(2)15(20-13)18-10(3)11-5-7-12(17)8-6-11/h5-8,10H,4H2,1-3H3,(H,18,19,20). The Kier molecular flexibility index (Phi) is 4.55. The molecule has 106 valence electrons. The molecule has 2 aromatic rings. The van der Waals surface area contributed by atoms with Gasteiger partial charge in [-0.1, -0.05) is 30.7 Å². The summed E-state index contributed by atoms with van der Waals surface area (Å²) < 4.78 is 12.9. The van der Waals surface area contributed by atoms with E-state index in [4.69, 9.17) is 11.6 Å². The van der Waals surface area contributed by atoms with E-state index in [9.17, 15) is 4.39 Å². The van der Waals surface area contributed by atoms with Crippen molar-refractivity contribution in [1.29, 1.82) is 0 Å². The highest BCUT2D eigenvalue weighted by Crippen LogP contribution is 2.24. The van der Waals surface area contributed by atoms with Crippen LogP contribution in [0.5, 0.6) is 0 Å². The number of benzene rings is 1. The average Bonchev–Trinajstić information content (AvgIpc) is 2.44. The van der Waals surface area contributed by atoms with Gasteiger partial charge in [-0.05, 0) is 31.5 Å². The number of nitrogens with zero attached hydrogens (tertiary/aromatic N) is 2. The smallest absolute Gasteiger partial charge is 0.137 e. The monoisotopic (exact) mass is 293 g/mol. The first-order valence-corrected chi connectivity index (χ1v) is 6.94. The number of hydrogen-bond donors (Lipinski definition) is 1. The summed E-state index contributed by atoms with van der Waals surface area (Å²) in [4.78, 5) is 8.66. The molecule has 0 bridgehead atoms. The fourth-order valence-electron chi connectivity index (χ4n) is 1.87. The molecule has 20 heavy (non-hydrogen) atoms. The SMILES string of the molecule is CCc1nc(Cl)c(C)c(NC(C)c2ccc(F)cc2)n1. The highest BCUT2D eigenvalue weighted by molar-refractivity contribution is 6.30. The van der Waals surface area contributed by atoms with Crippen molar-refractivity contribution in [2.24, 2.45) is 0 Å². The molecule has 0 spiro atoms. The van der Waals surface area contributed by atoms with Crippen LogP contribution in [0.4, 0.5) is 10.2 Å². The normalized spacial score (nSPS) is 12.2. The maximum absolute atomic E-state index is 12.9. The topological polar surface area (TPSA) is 37.8 Å². The molecule has 1 unspecified atom stereocenters. The maximum atomic E-state index is 12.9. The van der Waals surface area contributed by atoms with Gasteiger partial charge in [-0.2, -0.15) is 0 Å². The van der Waals surface area contributed by atoms with Gasteiger partial charge in [0.15, 0.2) is 0 Å². The Morgan fingerprint density at radius 2 is 1.90 bits per heavy atom. The average molecular weight is 294 g/mol. The van der Waals surface area contributed by atoms with Crippen LogP contribution in [0, 0.1) is 12.7 Å². The van der Waals surface area contributed by atoms with E-state index in [1.807, 2.05) is 20.8 Å². The summed E-state index contributed by atoms with van der Waals surface area (Å²) in [7, 11) is 0. The maximum Gasteiger partial charge on any atom is 0.137 e. The quantitative estimate of drug-likeness (QED) is 0.854. The zero-order valence-electron chi connectivity index (χ0n) is 11.7. The van der Waals surface area contributed by atoms with E-state index < -0.39 is 0 Å². The molecular formula is C15H17ClFN3. The summed E-state index contributed by atoms with van der Waals surface area (Å²) in [5.41, 5.74) is 1.80. The lowest BCUT2D eigenvalue weighted by molar-refractivity contribution is 0.626. The Balaban J connectivity index is 2.25. The molecule has 2 rings (SSSR count). The predicted molar refractivity (Wildman–Crippen MR) is 79.6 cm³/mol. The number of aromatic nitrogens is 2. The Morgan fingerprint density at radius 1 is 1.25 bits per heavy atom. The molecule has 0 aliphatic rings. The fraction of sp³-hybridized carbons (Fsp3) is 0.333. The minimum atomic E-state index is -0.240. The van der Waals surface area contributed by atoms with Crippen LogP contribution in [0.15, 0.2) is 24.3 Å². The molecule has 0 amide bonds. The molecule has 0 radical (unpaired) electrons. The van der Waals surface area contributed by atoms with Gasteiger partial charge in [-0.3, -0.25) is 0 Å². The molecule has 0 aliphatic carbocycles. The fourth-order valence-corrected chi connectivity index (χ4v) is 2.06. The number of nitrogens with one attached hydrogen (secondary N) is 1. The number of anilines is 1. The van der Waals surface area contributed by atoms with Crippen molar-refractivity contribution in [3.8, 4) is 0 Å². The molecule has 1 N–H and O–H groups in total. The molecule has 5 heteroatoms. The summed E-state index contributed by atoms with van der Waals surface area (Å²) in [6.45, 7) is 5.85. The highest BCUT2D eigenvalue weighted by atomic mass is 35.5. The van der Waals surface area contributed by atoms with Gasteiger partial charge in [0.25, 0.3) is 0 Å². The second kappa shape index (κ2) is 6.18. The van der Waals surface area contributed by atoms with Crippen LogP contribution < -0.4 is 5.32 Å². The van der Waals surface area contributed by atoms with E-state index in [2.05, 4.69) is 15.3 Å². The van der Waals surface area contributed by atoms with Crippen molar-refractivity contribution in [3.05, 3.63) is 52.2 Å². The second-order valence-corrected chi connectivity index (χ2v) is 5.03. The predicted octanol–water partition coefficient (Wildman–Crippen LogP) is 4.31. The highest BCUT2D eigenvalue weighted by Gasteiger charge is 2.12. The molecule has 0 aliphatic heterocycles. The van der Waals surface area contributed by atoms with Crippen molar-refractivity contribution in [2.75, 3.05) is 5.32 Å². The third-order valence-corrected chi connectivity index (χ3v) is 3.54. The van der Waals surface area contributed by atoms with Crippen molar-refractivity contribution < 1.29 is 4.39 Å². The first-order chi connectivity index (χ1) is 9.51. The number of aryl methyl sites for hydroxylation is 1. The second-order valence-electron chi connectivity index (χ2n) is 4.68. The van der Waals surface area contributed by atoms with Gasteiger partial charge in [0, 0.05) is 18.0 Å². The molecule has 0 fully saturated rings. The Labute approximate surface area is 123 Å². The zero-order valence-corrected chi connectivity index (χ0v) is 12.5. The molecule has 1 aromatic heterocycles.